The largest absolute Gasteiger partial charge is 0.351 e. The van der Waals surface area contributed by atoms with E-state index in [1.165, 1.54) is 0 Å². The van der Waals surface area contributed by atoms with Gasteiger partial charge in [0, 0.05) is 0 Å². The molecule has 13 heavy (non-hydrogen) atoms. The van der Waals surface area contributed by atoms with Crippen LogP contribution in [-0.4, -0.2) is 46.5 Å². The van der Waals surface area contributed by atoms with E-state index in [4.69, 9.17) is 19.3 Å². The molecule has 0 saturated carbocycles. The Morgan fingerprint density at radius 1 is 1.08 bits per heavy atom. The first-order chi connectivity index (χ1) is 5.40. The second-order valence-electron chi connectivity index (χ2n) is 2.29. The molecule has 0 aromatic rings. The summed E-state index contributed by atoms with van der Waals surface area (Å²) in [6.07, 6.45) is 0. The van der Waals surface area contributed by atoms with Gasteiger partial charge in [-0.25, -0.2) is 0 Å². The highest BCUT2D eigenvalue weighted by molar-refractivity contribution is 7.90. The van der Waals surface area contributed by atoms with Gasteiger partial charge in [-0.3, -0.25) is 9.11 Å². The number of rotatable bonds is 3. The SMILES string of the molecule is CC(C(O)(O)S(=O)(=O)O)S(=O)(=O)O. The molecular formula is C3H8O8S2. The van der Waals surface area contributed by atoms with Gasteiger partial charge >= 0.3 is 15.2 Å². The van der Waals surface area contributed by atoms with Crippen LogP contribution in [0, 0.1) is 0 Å². The molecule has 1 unspecified atom stereocenters. The molecule has 0 bridgehead atoms. The van der Waals surface area contributed by atoms with Crippen molar-refractivity contribution in [2.24, 2.45) is 0 Å². The third kappa shape index (κ3) is 2.59. The molecule has 0 aromatic carbocycles. The van der Waals surface area contributed by atoms with E-state index in [-0.39, 0.29) is 0 Å². The van der Waals surface area contributed by atoms with Gasteiger partial charge in [0.2, 0.25) is 0 Å². The standard InChI is InChI=1S/C3H8O8S2/c1-2(12(6,7)8)3(4,5)13(9,10)11/h2,4-5H,1H3,(H,6,7,8)(H,9,10,11). The maximum atomic E-state index is 10.3. The van der Waals surface area contributed by atoms with Crippen LogP contribution in [0.5, 0.6) is 0 Å². The Balaban J connectivity index is 5.35. The molecule has 0 aliphatic heterocycles. The number of aliphatic hydroxyl groups is 2. The Kier molecular flexibility index (Phi) is 3.09. The lowest BCUT2D eigenvalue weighted by molar-refractivity contribution is -0.0904. The van der Waals surface area contributed by atoms with Crippen LogP contribution in [-0.2, 0) is 20.2 Å². The fraction of sp³-hybridized carbons (Fsp3) is 1.00. The highest BCUT2D eigenvalue weighted by atomic mass is 32.2. The summed E-state index contributed by atoms with van der Waals surface area (Å²) in [4.78, 5) is 0. The predicted octanol–water partition coefficient (Wildman–Crippen LogP) is -2.21. The van der Waals surface area contributed by atoms with Crippen LogP contribution in [0.1, 0.15) is 6.92 Å². The van der Waals surface area contributed by atoms with Crippen molar-refractivity contribution in [2.75, 3.05) is 0 Å². The monoisotopic (exact) mass is 236 g/mol. The van der Waals surface area contributed by atoms with E-state index in [2.05, 4.69) is 0 Å². The van der Waals surface area contributed by atoms with Gasteiger partial charge in [-0.2, -0.15) is 16.8 Å². The quantitative estimate of drug-likeness (QED) is 0.318. The molecule has 80 valence electrons. The lowest BCUT2D eigenvalue weighted by Gasteiger charge is -2.22. The third-order valence-corrected chi connectivity index (χ3v) is 3.84. The zero-order valence-electron chi connectivity index (χ0n) is 6.32. The van der Waals surface area contributed by atoms with Crippen LogP contribution in [0.3, 0.4) is 0 Å². The number of hydrogen-bond acceptors (Lipinski definition) is 6. The Hall–Kier alpha value is -0.260. The van der Waals surface area contributed by atoms with Crippen molar-refractivity contribution in [2.45, 2.75) is 17.3 Å². The molecule has 0 spiro atoms. The molecule has 10 heteroatoms. The molecule has 0 amide bonds. The van der Waals surface area contributed by atoms with Crippen molar-refractivity contribution < 1.29 is 36.2 Å². The molecule has 0 heterocycles. The van der Waals surface area contributed by atoms with Gasteiger partial charge in [-0.1, -0.05) is 0 Å². The molecule has 1 atom stereocenters. The molecule has 0 aromatic heterocycles. The zero-order chi connectivity index (χ0) is 11.1. The minimum Gasteiger partial charge on any atom is -0.351 e. The van der Waals surface area contributed by atoms with E-state index in [0.29, 0.717) is 6.92 Å². The highest BCUT2D eigenvalue weighted by Gasteiger charge is 2.50. The summed E-state index contributed by atoms with van der Waals surface area (Å²) in [5.41, 5.74) is 0. The maximum Gasteiger partial charge on any atom is 0.323 e. The molecular weight excluding hydrogens is 228 g/mol. The molecule has 8 nitrogen and oxygen atoms in total. The summed E-state index contributed by atoms with van der Waals surface area (Å²) in [5, 5.41) is 10.9. The Morgan fingerprint density at radius 2 is 1.38 bits per heavy atom. The molecule has 0 radical (unpaired) electrons. The van der Waals surface area contributed by atoms with Crippen LogP contribution >= 0.6 is 0 Å². The van der Waals surface area contributed by atoms with Gasteiger partial charge in [0.25, 0.3) is 10.1 Å². The minimum atomic E-state index is -5.41. The molecule has 0 aliphatic carbocycles. The fourth-order valence-corrected chi connectivity index (χ4v) is 1.94. The van der Waals surface area contributed by atoms with Crippen molar-refractivity contribution in [1.29, 1.82) is 0 Å². The summed E-state index contributed by atoms with van der Waals surface area (Å²) in [6, 6.07) is 0. The average Bonchev–Trinajstić information content (AvgIpc) is 1.81. The average molecular weight is 236 g/mol. The number of hydrogen-bond donors (Lipinski definition) is 4. The first-order valence-electron chi connectivity index (χ1n) is 2.78. The van der Waals surface area contributed by atoms with Crippen LogP contribution in [0.25, 0.3) is 0 Å². The van der Waals surface area contributed by atoms with Crippen molar-refractivity contribution in [1.82, 2.24) is 0 Å². The van der Waals surface area contributed by atoms with Gasteiger partial charge in [0.15, 0.2) is 5.25 Å². The minimum absolute atomic E-state index is 0.503. The molecule has 4 N–H and O–H groups in total. The summed E-state index contributed by atoms with van der Waals surface area (Å²) >= 11 is 0. The zero-order valence-corrected chi connectivity index (χ0v) is 7.95. The predicted molar refractivity (Wildman–Crippen MR) is 39.7 cm³/mol. The van der Waals surface area contributed by atoms with Crippen molar-refractivity contribution >= 4 is 20.2 Å². The topological polar surface area (TPSA) is 149 Å². The lowest BCUT2D eigenvalue weighted by Crippen LogP contribution is -2.51. The lowest BCUT2D eigenvalue weighted by atomic mass is 10.5. The van der Waals surface area contributed by atoms with E-state index in [0.717, 1.165) is 0 Å². The van der Waals surface area contributed by atoms with E-state index in [1.807, 2.05) is 0 Å². The van der Waals surface area contributed by atoms with E-state index >= 15 is 0 Å². The highest BCUT2D eigenvalue weighted by Crippen LogP contribution is 2.19. The van der Waals surface area contributed by atoms with Gasteiger partial charge in [0.1, 0.15) is 0 Å². The van der Waals surface area contributed by atoms with Crippen molar-refractivity contribution in [3.8, 4) is 0 Å². The normalized spacial score (nSPS) is 17.0. The molecule has 0 rings (SSSR count). The molecule has 0 aliphatic rings. The second kappa shape index (κ2) is 3.15. The second-order valence-corrected chi connectivity index (χ2v) is 5.58. The van der Waals surface area contributed by atoms with Gasteiger partial charge in [-0.05, 0) is 6.92 Å². The van der Waals surface area contributed by atoms with Crippen molar-refractivity contribution in [3.05, 3.63) is 0 Å². The first-order valence-corrected chi connectivity index (χ1v) is 5.73. The van der Waals surface area contributed by atoms with Crippen LogP contribution in [0.2, 0.25) is 0 Å². The van der Waals surface area contributed by atoms with Crippen LogP contribution in [0.4, 0.5) is 0 Å². The molecule has 0 saturated heterocycles. The Labute approximate surface area is 74.3 Å². The van der Waals surface area contributed by atoms with Crippen LogP contribution in [0.15, 0.2) is 0 Å². The van der Waals surface area contributed by atoms with Crippen molar-refractivity contribution in [3.63, 3.8) is 0 Å². The first kappa shape index (κ1) is 12.7. The van der Waals surface area contributed by atoms with E-state index < -0.39 is 30.6 Å². The van der Waals surface area contributed by atoms with Crippen LogP contribution < -0.4 is 0 Å². The van der Waals surface area contributed by atoms with E-state index in [1.54, 1.807) is 0 Å². The summed E-state index contributed by atoms with van der Waals surface area (Å²) in [7, 11) is -10.4. The smallest absolute Gasteiger partial charge is 0.323 e. The van der Waals surface area contributed by atoms with Gasteiger partial charge < -0.3 is 10.2 Å². The van der Waals surface area contributed by atoms with Gasteiger partial charge in [-0.15, -0.1) is 0 Å². The van der Waals surface area contributed by atoms with Gasteiger partial charge in [0.05, 0.1) is 0 Å². The summed E-state index contributed by atoms with van der Waals surface area (Å²) in [5.74, 6) is 0. The Bertz CT molecular complexity index is 374. The molecule has 0 fully saturated rings. The Morgan fingerprint density at radius 3 is 1.46 bits per heavy atom. The fourth-order valence-electron chi connectivity index (χ4n) is 0.404. The summed E-state index contributed by atoms with van der Waals surface area (Å²) < 4.78 is 57.4. The van der Waals surface area contributed by atoms with E-state index in [9.17, 15) is 16.8 Å². The third-order valence-electron chi connectivity index (χ3n) is 1.36. The maximum absolute atomic E-state index is 10.3. The summed E-state index contributed by atoms with van der Waals surface area (Å²) in [6.45, 7) is 0.503.